The van der Waals surface area contributed by atoms with Gasteiger partial charge in [0.05, 0.1) is 18.8 Å². The van der Waals surface area contributed by atoms with Crippen LogP contribution in [0.5, 0.6) is 0 Å². The molecule has 1 aromatic carbocycles. The number of ether oxygens (including phenoxy) is 1. The van der Waals surface area contributed by atoms with Gasteiger partial charge < -0.3 is 14.1 Å². The first kappa shape index (κ1) is 21.5. The van der Waals surface area contributed by atoms with E-state index in [1.165, 1.54) is 0 Å². The highest BCUT2D eigenvalue weighted by Crippen LogP contribution is 2.22. The standard InChI is InChI=1S/C21H22ClN5O3S/c1-2-29-20(28)16-6-7-18(23-13-16)26-10-8-25(9-11-26)14-27-21(31)30-19(24-27)15-4-3-5-17(22)12-15/h3-7,12-13H,2,8-11,14H2,1H3. The van der Waals surface area contributed by atoms with E-state index in [4.69, 9.17) is 33.0 Å². The fourth-order valence-corrected chi connectivity index (χ4v) is 3.72. The summed E-state index contributed by atoms with van der Waals surface area (Å²) in [5.74, 6) is 0.943. The van der Waals surface area contributed by atoms with E-state index < -0.39 is 0 Å². The van der Waals surface area contributed by atoms with Crippen molar-refractivity contribution in [3.05, 3.63) is 58.0 Å². The van der Waals surface area contributed by atoms with Crippen molar-refractivity contribution in [2.75, 3.05) is 37.7 Å². The number of esters is 1. The number of anilines is 1. The molecule has 8 nitrogen and oxygen atoms in total. The molecular formula is C21H22ClN5O3S. The average Bonchev–Trinajstić information content (AvgIpc) is 3.15. The van der Waals surface area contributed by atoms with Gasteiger partial charge >= 0.3 is 5.97 Å². The van der Waals surface area contributed by atoms with E-state index in [9.17, 15) is 4.79 Å². The predicted octanol–water partition coefficient (Wildman–Crippen LogP) is 3.88. The monoisotopic (exact) mass is 459 g/mol. The molecule has 1 saturated heterocycles. The van der Waals surface area contributed by atoms with E-state index in [-0.39, 0.29) is 5.97 Å². The second-order valence-electron chi connectivity index (χ2n) is 7.06. The van der Waals surface area contributed by atoms with Gasteiger partial charge in [0.25, 0.3) is 4.84 Å². The average molecular weight is 460 g/mol. The molecule has 2 aromatic heterocycles. The number of piperazine rings is 1. The second-order valence-corrected chi connectivity index (χ2v) is 7.84. The molecule has 3 aromatic rings. The molecule has 1 aliphatic heterocycles. The first-order chi connectivity index (χ1) is 15.0. The van der Waals surface area contributed by atoms with E-state index >= 15 is 0 Å². The van der Waals surface area contributed by atoms with E-state index in [0.717, 1.165) is 37.6 Å². The number of pyridine rings is 1. The number of halogens is 1. The molecule has 0 unspecified atom stereocenters. The van der Waals surface area contributed by atoms with Crippen molar-refractivity contribution in [1.82, 2.24) is 19.7 Å². The van der Waals surface area contributed by atoms with Gasteiger partial charge in [0, 0.05) is 43.0 Å². The van der Waals surface area contributed by atoms with Gasteiger partial charge in [-0.1, -0.05) is 17.7 Å². The van der Waals surface area contributed by atoms with Gasteiger partial charge in [-0.15, -0.1) is 5.10 Å². The van der Waals surface area contributed by atoms with Gasteiger partial charge in [-0.3, -0.25) is 4.90 Å². The van der Waals surface area contributed by atoms with E-state index in [0.29, 0.717) is 34.6 Å². The molecule has 0 amide bonds. The van der Waals surface area contributed by atoms with Crippen LogP contribution >= 0.6 is 23.8 Å². The van der Waals surface area contributed by atoms with Crippen LogP contribution in [0.3, 0.4) is 0 Å². The van der Waals surface area contributed by atoms with Gasteiger partial charge in [-0.05, 0) is 49.5 Å². The van der Waals surface area contributed by atoms with Crippen LogP contribution in [0.1, 0.15) is 17.3 Å². The molecule has 0 aliphatic carbocycles. The maximum absolute atomic E-state index is 11.8. The molecule has 0 bridgehead atoms. The van der Waals surface area contributed by atoms with Crippen LogP contribution in [-0.4, -0.2) is 58.4 Å². The lowest BCUT2D eigenvalue weighted by molar-refractivity contribution is 0.0526. The number of carbonyl (C=O) groups excluding carboxylic acids is 1. The number of hydrogen-bond acceptors (Lipinski definition) is 8. The van der Waals surface area contributed by atoms with Gasteiger partial charge in [0.2, 0.25) is 5.89 Å². The summed E-state index contributed by atoms with van der Waals surface area (Å²) in [6, 6.07) is 10.9. The summed E-state index contributed by atoms with van der Waals surface area (Å²) in [5.41, 5.74) is 1.25. The summed E-state index contributed by atoms with van der Waals surface area (Å²) in [6.45, 7) is 5.93. The number of carbonyl (C=O) groups is 1. The molecule has 162 valence electrons. The minimum absolute atomic E-state index is 0.327. The molecule has 1 fully saturated rings. The molecule has 0 spiro atoms. The Bertz CT molecular complexity index is 1110. The zero-order valence-electron chi connectivity index (χ0n) is 17.0. The first-order valence-electron chi connectivity index (χ1n) is 9.98. The Balaban J connectivity index is 1.35. The number of rotatable bonds is 6. The highest BCUT2D eigenvalue weighted by atomic mass is 35.5. The lowest BCUT2D eigenvalue weighted by atomic mass is 10.2. The van der Waals surface area contributed by atoms with Gasteiger partial charge in [-0.25, -0.2) is 14.5 Å². The Morgan fingerprint density at radius 1 is 1.23 bits per heavy atom. The third-order valence-electron chi connectivity index (χ3n) is 4.97. The topological polar surface area (TPSA) is 76.6 Å². The van der Waals surface area contributed by atoms with Crippen molar-refractivity contribution < 1.29 is 13.9 Å². The molecule has 0 N–H and O–H groups in total. The van der Waals surface area contributed by atoms with E-state index in [1.54, 1.807) is 36.0 Å². The Morgan fingerprint density at radius 2 is 2.03 bits per heavy atom. The molecular weight excluding hydrogens is 438 g/mol. The molecule has 0 radical (unpaired) electrons. The van der Waals surface area contributed by atoms with Crippen LogP contribution in [-0.2, 0) is 11.4 Å². The largest absolute Gasteiger partial charge is 0.462 e. The highest BCUT2D eigenvalue weighted by Gasteiger charge is 2.20. The summed E-state index contributed by atoms with van der Waals surface area (Å²) in [6.07, 6.45) is 1.56. The maximum Gasteiger partial charge on any atom is 0.339 e. The van der Waals surface area contributed by atoms with Crippen LogP contribution in [0.25, 0.3) is 11.5 Å². The third kappa shape index (κ3) is 5.12. The molecule has 0 atom stereocenters. The number of nitrogens with zero attached hydrogens (tertiary/aromatic N) is 5. The quantitative estimate of drug-likeness (QED) is 0.406. The van der Waals surface area contributed by atoms with Crippen molar-refractivity contribution >= 4 is 35.6 Å². The van der Waals surface area contributed by atoms with Crippen molar-refractivity contribution in [1.29, 1.82) is 0 Å². The second kappa shape index (κ2) is 9.59. The van der Waals surface area contributed by atoms with Crippen LogP contribution in [0.15, 0.2) is 47.0 Å². The Morgan fingerprint density at radius 3 is 2.71 bits per heavy atom. The van der Waals surface area contributed by atoms with Crippen LogP contribution in [0.2, 0.25) is 5.02 Å². The molecule has 3 heterocycles. The number of hydrogen-bond donors (Lipinski definition) is 0. The van der Waals surface area contributed by atoms with Crippen LogP contribution in [0.4, 0.5) is 5.82 Å². The summed E-state index contributed by atoms with van der Waals surface area (Å²) in [5, 5.41) is 5.13. The zero-order valence-corrected chi connectivity index (χ0v) is 18.6. The van der Waals surface area contributed by atoms with Gasteiger partial charge in [0.1, 0.15) is 5.82 Å². The molecule has 1 aliphatic rings. The molecule has 10 heteroatoms. The Kier molecular flexibility index (Phi) is 6.64. The summed E-state index contributed by atoms with van der Waals surface area (Å²) >= 11 is 11.4. The van der Waals surface area contributed by atoms with Crippen molar-refractivity contribution in [2.45, 2.75) is 13.6 Å². The van der Waals surface area contributed by atoms with Crippen molar-refractivity contribution in [3.8, 4) is 11.5 Å². The zero-order chi connectivity index (χ0) is 21.8. The first-order valence-corrected chi connectivity index (χ1v) is 10.8. The van der Waals surface area contributed by atoms with Crippen LogP contribution in [0, 0.1) is 4.84 Å². The number of aromatic nitrogens is 3. The lowest BCUT2D eigenvalue weighted by Crippen LogP contribution is -2.47. The van der Waals surface area contributed by atoms with Crippen LogP contribution < -0.4 is 4.90 Å². The van der Waals surface area contributed by atoms with Crippen molar-refractivity contribution in [3.63, 3.8) is 0 Å². The molecule has 4 rings (SSSR count). The fraction of sp³-hybridized carbons (Fsp3) is 0.333. The summed E-state index contributed by atoms with van der Waals surface area (Å²) < 4.78 is 12.3. The normalized spacial score (nSPS) is 14.6. The molecule has 31 heavy (non-hydrogen) atoms. The third-order valence-corrected chi connectivity index (χ3v) is 5.50. The SMILES string of the molecule is CCOC(=O)c1ccc(N2CCN(Cn3nc(-c4cccc(Cl)c4)oc3=S)CC2)nc1. The molecule has 0 saturated carbocycles. The van der Waals surface area contributed by atoms with E-state index in [2.05, 4.69) is 19.9 Å². The van der Waals surface area contributed by atoms with E-state index in [1.807, 2.05) is 18.2 Å². The van der Waals surface area contributed by atoms with Gasteiger partial charge in [0.15, 0.2) is 0 Å². The smallest absolute Gasteiger partial charge is 0.339 e. The minimum atomic E-state index is -0.354. The highest BCUT2D eigenvalue weighted by molar-refractivity contribution is 7.71. The Hall–Kier alpha value is -2.75. The Labute approximate surface area is 190 Å². The predicted molar refractivity (Wildman–Crippen MR) is 120 cm³/mol. The van der Waals surface area contributed by atoms with Crippen molar-refractivity contribution in [2.24, 2.45) is 0 Å². The minimum Gasteiger partial charge on any atom is -0.462 e. The maximum atomic E-state index is 11.8. The summed E-state index contributed by atoms with van der Waals surface area (Å²) in [4.78, 5) is 21.0. The fourth-order valence-electron chi connectivity index (χ4n) is 3.35. The number of benzene rings is 1. The lowest BCUT2D eigenvalue weighted by Gasteiger charge is -2.35. The summed E-state index contributed by atoms with van der Waals surface area (Å²) in [7, 11) is 0. The van der Waals surface area contributed by atoms with Gasteiger partial charge in [-0.2, -0.15) is 0 Å².